The van der Waals surface area contributed by atoms with Crippen molar-refractivity contribution in [3.63, 3.8) is 0 Å². The number of nitrogens with zero attached hydrogens (tertiary/aromatic N) is 3. The summed E-state index contributed by atoms with van der Waals surface area (Å²) < 4.78 is 0. The molecule has 1 saturated heterocycles. The number of nitrogens with two attached hydrogens (primary N) is 1. The lowest BCUT2D eigenvalue weighted by Crippen LogP contribution is -2.36. The standard InChI is InChI=1S/C19H33N5/c1-14(2)16-7-9-24(10-8-16)19-21-12-18(13-22-19)23-17-5-3-15(11-20)4-6-17/h12-17,23H,3-11,20H2,1-2H3. The van der Waals surface area contributed by atoms with Crippen molar-refractivity contribution in [3.8, 4) is 0 Å². The Hall–Kier alpha value is -1.36. The SMILES string of the molecule is CC(C)C1CCN(c2ncc(NC3CCC(CN)CC3)cn2)CC1. The monoisotopic (exact) mass is 331 g/mol. The van der Waals surface area contributed by atoms with Crippen LogP contribution in [0.15, 0.2) is 12.4 Å². The van der Waals surface area contributed by atoms with Gasteiger partial charge in [0.05, 0.1) is 18.1 Å². The largest absolute Gasteiger partial charge is 0.380 e. The number of nitrogens with one attached hydrogen (secondary N) is 1. The van der Waals surface area contributed by atoms with Crippen LogP contribution in [-0.4, -0.2) is 35.6 Å². The quantitative estimate of drug-likeness (QED) is 0.867. The van der Waals surface area contributed by atoms with Crippen LogP contribution in [0, 0.1) is 17.8 Å². The molecule has 0 atom stereocenters. The molecular weight excluding hydrogens is 298 g/mol. The minimum Gasteiger partial charge on any atom is -0.380 e. The van der Waals surface area contributed by atoms with Crippen molar-refractivity contribution in [1.29, 1.82) is 0 Å². The van der Waals surface area contributed by atoms with E-state index in [9.17, 15) is 0 Å². The predicted molar refractivity (Wildman–Crippen MR) is 100 cm³/mol. The first-order chi connectivity index (χ1) is 11.7. The van der Waals surface area contributed by atoms with Crippen molar-refractivity contribution in [2.45, 2.75) is 58.4 Å². The molecule has 5 nitrogen and oxygen atoms in total. The molecule has 2 fully saturated rings. The number of aromatic nitrogens is 2. The van der Waals surface area contributed by atoms with E-state index in [2.05, 4.69) is 34.0 Å². The summed E-state index contributed by atoms with van der Waals surface area (Å²) in [5.41, 5.74) is 6.82. The van der Waals surface area contributed by atoms with Gasteiger partial charge in [-0.3, -0.25) is 0 Å². The summed E-state index contributed by atoms with van der Waals surface area (Å²) in [5, 5.41) is 3.59. The van der Waals surface area contributed by atoms with Gasteiger partial charge in [0.1, 0.15) is 0 Å². The summed E-state index contributed by atoms with van der Waals surface area (Å²) in [6.45, 7) is 7.66. The smallest absolute Gasteiger partial charge is 0.225 e. The first-order valence-corrected chi connectivity index (χ1v) is 9.69. The number of anilines is 2. The third-order valence-corrected chi connectivity index (χ3v) is 5.95. The maximum atomic E-state index is 5.77. The third-order valence-electron chi connectivity index (χ3n) is 5.95. The topological polar surface area (TPSA) is 67.1 Å². The van der Waals surface area contributed by atoms with Crippen LogP contribution in [0.3, 0.4) is 0 Å². The lowest BCUT2D eigenvalue weighted by Gasteiger charge is -2.34. The van der Waals surface area contributed by atoms with E-state index in [-0.39, 0.29) is 0 Å². The van der Waals surface area contributed by atoms with Crippen molar-refractivity contribution >= 4 is 11.6 Å². The van der Waals surface area contributed by atoms with Gasteiger partial charge in [-0.1, -0.05) is 13.8 Å². The van der Waals surface area contributed by atoms with Crippen LogP contribution in [0.1, 0.15) is 52.4 Å². The third kappa shape index (κ3) is 4.38. The molecule has 5 heteroatoms. The van der Waals surface area contributed by atoms with Gasteiger partial charge in [-0.25, -0.2) is 9.97 Å². The summed E-state index contributed by atoms with van der Waals surface area (Å²) in [6.07, 6.45) is 11.3. The first kappa shape index (κ1) is 17.5. The number of rotatable bonds is 5. The van der Waals surface area contributed by atoms with Gasteiger partial charge in [0.25, 0.3) is 0 Å². The van der Waals surface area contributed by atoms with E-state index in [1.807, 2.05) is 12.4 Å². The fourth-order valence-corrected chi connectivity index (χ4v) is 4.10. The zero-order chi connectivity index (χ0) is 16.9. The number of hydrogen-bond acceptors (Lipinski definition) is 5. The molecule has 1 aliphatic heterocycles. The van der Waals surface area contributed by atoms with Crippen LogP contribution in [0.25, 0.3) is 0 Å². The molecule has 1 aromatic rings. The van der Waals surface area contributed by atoms with Crippen LogP contribution in [0.4, 0.5) is 11.6 Å². The molecule has 3 rings (SSSR count). The summed E-state index contributed by atoms with van der Waals surface area (Å²) >= 11 is 0. The van der Waals surface area contributed by atoms with E-state index in [0.29, 0.717) is 6.04 Å². The summed E-state index contributed by atoms with van der Waals surface area (Å²) in [7, 11) is 0. The van der Waals surface area contributed by atoms with Crippen molar-refractivity contribution in [3.05, 3.63) is 12.4 Å². The number of hydrogen-bond donors (Lipinski definition) is 2. The first-order valence-electron chi connectivity index (χ1n) is 9.69. The Morgan fingerprint density at radius 2 is 1.71 bits per heavy atom. The van der Waals surface area contributed by atoms with Crippen LogP contribution < -0.4 is 16.0 Å². The number of piperidine rings is 1. The van der Waals surface area contributed by atoms with E-state index in [0.717, 1.165) is 49.0 Å². The molecule has 134 valence electrons. The molecule has 3 N–H and O–H groups in total. The maximum absolute atomic E-state index is 5.77. The van der Waals surface area contributed by atoms with Gasteiger partial charge in [0, 0.05) is 19.1 Å². The second-order valence-electron chi connectivity index (χ2n) is 7.94. The Morgan fingerprint density at radius 1 is 1.08 bits per heavy atom. The molecule has 0 radical (unpaired) electrons. The van der Waals surface area contributed by atoms with E-state index < -0.39 is 0 Å². The molecule has 0 amide bonds. The second kappa shape index (κ2) is 8.15. The van der Waals surface area contributed by atoms with Crippen LogP contribution in [0.5, 0.6) is 0 Å². The molecule has 0 spiro atoms. The lowest BCUT2D eigenvalue weighted by atomic mass is 9.86. The highest BCUT2D eigenvalue weighted by Gasteiger charge is 2.23. The van der Waals surface area contributed by atoms with Gasteiger partial charge in [-0.05, 0) is 62.8 Å². The fraction of sp³-hybridized carbons (Fsp3) is 0.789. The fourth-order valence-electron chi connectivity index (χ4n) is 4.10. The normalized spacial score (nSPS) is 25.9. The average Bonchev–Trinajstić information content (AvgIpc) is 2.63. The molecule has 0 unspecified atom stereocenters. The Bertz CT molecular complexity index is 485. The Balaban J connectivity index is 1.49. The van der Waals surface area contributed by atoms with Gasteiger partial charge in [-0.15, -0.1) is 0 Å². The molecule has 1 saturated carbocycles. The van der Waals surface area contributed by atoms with Gasteiger partial charge in [0.2, 0.25) is 5.95 Å². The summed E-state index contributed by atoms with van der Waals surface area (Å²) in [5.74, 6) is 3.24. The van der Waals surface area contributed by atoms with E-state index in [1.54, 1.807) is 0 Å². The molecule has 2 aliphatic rings. The van der Waals surface area contributed by atoms with Crippen molar-refractivity contribution in [2.75, 3.05) is 29.9 Å². The Morgan fingerprint density at radius 3 is 2.25 bits per heavy atom. The lowest BCUT2D eigenvalue weighted by molar-refractivity contribution is 0.310. The molecule has 1 aliphatic carbocycles. The molecule has 2 heterocycles. The van der Waals surface area contributed by atoms with Crippen LogP contribution in [-0.2, 0) is 0 Å². The summed E-state index contributed by atoms with van der Waals surface area (Å²) in [6, 6.07) is 0.545. The molecular formula is C19H33N5. The minimum absolute atomic E-state index is 0.545. The molecule has 0 bridgehead atoms. The van der Waals surface area contributed by atoms with Gasteiger partial charge in [-0.2, -0.15) is 0 Å². The van der Waals surface area contributed by atoms with Gasteiger partial charge >= 0.3 is 0 Å². The van der Waals surface area contributed by atoms with E-state index in [4.69, 9.17) is 5.73 Å². The predicted octanol–water partition coefficient (Wildman–Crippen LogP) is 3.28. The zero-order valence-corrected chi connectivity index (χ0v) is 15.2. The van der Waals surface area contributed by atoms with Crippen molar-refractivity contribution in [2.24, 2.45) is 23.5 Å². The Labute approximate surface area is 146 Å². The Kier molecular flexibility index (Phi) is 5.93. The molecule has 0 aromatic carbocycles. The maximum Gasteiger partial charge on any atom is 0.225 e. The highest BCUT2D eigenvalue weighted by atomic mass is 15.3. The van der Waals surface area contributed by atoms with E-state index in [1.165, 1.54) is 38.5 Å². The van der Waals surface area contributed by atoms with Crippen molar-refractivity contribution in [1.82, 2.24) is 9.97 Å². The zero-order valence-electron chi connectivity index (χ0n) is 15.2. The van der Waals surface area contributed by atoms with Crippen LogP contribution in [0.2, 0.25) is 0 Å². The highest BCUT2D eigenvalue weighted by Crippen LogP contribution is 2.27. The summed E-state index contributed by atoms with van der Waals surface area (Å²) in [4.78, 5) is 11.5. The second-order valence-corrected chi connectivity index (χ2v) is 7.94. The van der Waals surface area contributed by atoms with Gasteiger partial charge < -0.3 is 16.0 Å². The highest BCUT2D eigenvalue weighted by molar-refractivity contribution is 5.43. The minimum atomic E-state index is 0.545. The van der Waals surface area contributed by atoms with E-state index >= 15 is 0 Å². The van der Waals surface area contributed by atoms with Gasteiger partial charge in [0.15, 0.2) is 0 Å². The van der Waals surface area contributed by atoms with Crippen molar-refractivity contribution < 1.29 is 0 Å². The molecule has 1 aromatic heterocycles. The average molecular weight is 332 g/mol. The molecule has 24 heavy (non-hydrogen) atoms. The van der Waals surface area contributed by atoms with Crippen LogP contribution >= 0.6 is 0 Å².